The van der Waals surface area contributed by atoms with Gasteiger partial charge in [0.2, 0.25) is 0 Å². The molecule has 3 nitrogen and oxygen atoms in total. The summed E-state index contributed by atoms with van der Waals surface area (Å²) in [5.41, 5.74) is 1.64. The fraction of sp³-hybridized carbons (Fsp3) is 0.222. The number of carbonyl (C=O) groups is 2. The van der Waals surface area contributed by atoms with Crippen molar-refractivity contribution in [3.05, 3.63) is 70.7 Å². The lowest BCUT2D eigenvalue weighted by atomic mass is 10.0. The molecule has 0 heterocycles. The summed E-state index contributed by atoms with van der Waals surface area (Å²) >= 11 is 7.26. The lowest BCUT2D eigenvalue weighted by Gasteiger charge is -2.16. The summed E-state index contributed by atoms with van der Waals surface area (Å²) in [6.45, 7) is 0. The first kappa shape index (κ1) is 17.6. The summed E-state index contributed by atoms with van der Waals surface area (Å²) in [5.74, 6) is -0.0630. The van der Waals surface area contributed by atoms with Gasteiger partial charge in [0, 0.05) is 22.3 Å². The number of thioether (sulfide) groups is 1. The topological polar surface area (TPSA) is 43.4 Å². The van der Waals surface area contributed by atoms with Gasteiger partial charge in [-0.1, -0.05) is 41.9 Å². The Bertz CT molecular complexity index is 656. The van der Waals surface area contributed by atoms with Gasteiger partial charge in [0.1, 0.15) is 0 Å². The van der Waals surface area contributed by atoms with Gasteiger partial charge in [-0.15, -0.1) is 11.8 Å². The van der Waals surface area contributed by atoms with E-state index in [-0.39, 0.29) is 22.8 Å². The molecule has 1 atom stereocenters. The molecule has 0 bridgehead atoms. The van der Waals surface area contributed by atoms with E-state index in [1.165, 1.54) is 18.9 Å². The maximum Gasteiger partial charge on any atom is 0.315 e. The highest BCUT2D eigenvalue weighted by Gasteiger charge is 2.19. The van der Waals surface area contributed by atoms with Crippen molar-refractivity contribution in [3.63, 3.8) is 0 Å². The van der Waals surface area contributed by atoms with Crippen LogP contribution in [0.2, 0.25) is 5.02 Å². The number of hydrogen-bond donors (Lipinski definition) is 0. The predicted octanol–water partition coefficient (Wildman–Crippen LogP) is 4.56. The SMILES string of the molecule is COC(=O)CS[C@H](CC(=O)c1ccc(Cl)cc1)c1ccccc1. The van der Waals surface area contributed by atoms with Crippen LogP contribution in [0.3, 0.4) is 0 Å². The zero-order valence-electron chi connectivity index (χ0n) is 12.7. The number of carbonyl (C=O) groups excluding carboxylic acids is 2. The van der Waals surface area contributed by atoms with E-state index in [1.54, 1.807) is 24.3 Å². The monoisotopic (exact) mass is 348 g/mol. The standard InChI is InChI=1S/C18H17ClO3S/c1-22-18(21)12-23-17(14-5-3-2-4-6-14)11-16(20)13-7-9-15(19)10-8-13/h2-10,17H,11-12H2,1H3/t17-/m1/s1. The number of benzene rings is 2. The molecule has 0 aliphatic carbocycles. The van der Waals surface area contributed by atoms with Crippen molar-refractivity contribution in [2.45, 2.75) is 11.7 Å². The first-order valence-electron chi connectivity index (χ1n) is 7.12. The zero-order valence-corrected chi connectivity index (χ0v) is 14.3. The van der Waals surface area contributed by atoms with Gasteiger partial charge in [-0.05, 0) is 29.8 Å². The number of halogens is 1. The molecule has 0 saturated carbocycles. The van der Waals surface area contributed by atoms with Gasteiger partial charge in [0.25, 0.3) is 0 Å². The lowest BCUT2D eigenvalue weighted by Crippen LogP contribution is -2.09. The minimum absolute atomic E-state index is 0.0212. The molecule has 0 aromatic heterocycles. The van der Waals surface area contributed by atoms with Crippen molar-refractivity contribution < 1.29 is 14.3 Å². The summed E-state index contributed by atoms with van der Waals surface area (Å²) in [6, 6.07) is 16.5. The van der Waals surface area contributed by atoms with Crippen molar-refractivity contribution in [1.82, 2.24) is 0 Å². The summed E-state index contributed by atoms with van der Waals surface area (Å²) in [4.78, 5) is 23.9. The summed E-state index contributed by atoms with van der Waals surface area (Å²) < 4.78 is 4.68. The average Bonchev–Trinajstić information content (AvgIpc) is 2.59. The number of ketones is 1. The van der Waals surface area contributed by atoms with Gasteiger partial charge in [-0.3, -0.25) is 9.59 Å². The molecule has 0 unspecified atom stereocenters. The Balaban J connectivity index is 2.11. The van der Waals surface area contributed by atoms with E-state index in [4.69, 9.17) is 11.6 Å². The Morgan fingerprint density at radius 2 is 1.74 bits per heavy atom. The summed E-state index contributed by atoms with van der Waals surface area (Å²) in [7, 11) is 1.36. The third kappa shape index (κ3) is 5.41. The first-order valence-corrected chi connectivity index (χ1v) is 8.55. The zero-order chi connectivity index (χ0) is 16.7. The highest BCUT2D eigenvalue weighted by Crippen LogP contribution is 2.33. The number of Topliss-reactive ketones (excluding diaryl/α,β-unsaturated/α-hetero) is 1. The minimum atomic E-state index is -0.296. The second-order valence-corrected chi connectivity index (χ2v) is 6.55. The van der Waals surface area contributed by atoms with Crippen LogP contribution < -0.4 is 0 Å². The van der Waals surface area contributed by atoms with Gasteiger partial charge >= 0.3 is 5.97 Å². The molecule has 0 radical (unpaired) electrons. The van der Waals surface area contributed by atoms with Crippen LogP contribution in [0.1, 0.15) is 27.6 Å². The molecule has 0 fully saturated rings. The Hall–Kier alpha value is -1.78. The van der Waals surface area contributed by atoms with Crippen molar-refractivity contribution in [2.75, 3.05) is 12.9 Å². The Kier molecular flexibility index (Phi) is 6.68. The molecule has 0 saturated heterocycles. The largest absolute Gasteiger partial charge is 0.468 e. The van der Waals surface area contributed by atoms with Crippen molar-refractivity contribution in [2.24, 2.45) is 0 Å². The first-order chi connectivity index (χ1) is 11.1. The van der Waals surface area contributed by atoms with Crippen LogP contribution in [0.25, 0.3) is 0 Å². The Labute approximate surface area is 145 Å². The molecule has 23 heavy (non-hydrogen) atoms. The molecule has 120 valence electrons. The summed E-state index contributed by atoms with van der Waals surface area (Å²) in [5, 5.41) is 0.500. The van der Waals surface area contributed by atoms with Crippen LogP contribution in [0, 0.1) is 0 Å². The molecule has 0 amide bonds. The van der Waals surface area contributed by atoms with Crippen molar-refractivity contribution >= 4 is 35.1 Å². The second-order valence-electron chi connectivity index (χ2n) is 4.92. The Morgan fingerprint density at radius 1 is 1.09 bits per heavy atom. The molecule has 0 aliphatic rings. The lowest BCUT2D eigenvalue weighted by molar-refractivity contribution is -0.137. The van der Waals surface area contributed by atoms with Crippen LogP contribution in [-0.2, 0) is 9.53 Å². The maximum atomic E-state index is 12.5. The fourth-order valence-corrected chi connectivity index (χ4v) is 3.29. The van der Waals surface area contributed by atoms with Crippen LogP contribution in [0.5, 0.6) is 0 Å². The highest BCUT2D eigenvalue weighted by molar-refractivity contribution is 8.00. The molecule has 2 aromatic rings. The molecule has 0 spiro atoms. The molecular formula is C18H17ClO3S. The smallest absolute Gasteiger partial charge is 0.315 e. The third-order valence-corrected chi connectivity index (χ3v) is 4.83. The maximum absolute atomic E-state index is 12.5. The van der Waals surface area contributed by atoms with E-state index in [2.05, 4.69) is 4.74 Å². The van der Waals surface area contributed by atoms with E-state index < -0.39 is 0 Å². The van der Waals surface area contributed by atoms with E-state index >= 15 is 0 Å². The highest BCUT2D eigenvalue weighted by atomic mass is 35.5. The van der Waals surface area contributed by atoms with Crippen LogP contribution in [0.15, 0.2) is 54.6 Å². The molecule has 0 N–H and O–H groups in total. The summed E-state index contributed by atoms with van der Waals surface area (Å²) in [6.07, 6.45) is 0.313. The van der Waals surface area contributed by atoms with Crippen molar-refractivity contribution in [3.8, 4) is 0 Å². The van der Waals surface area contributed by atoms with E-state index in [0.29, 0.717) is 17.0 Å². The average molecular weight is 349 g/mol. The third-order valence-electron chi connectivity index (χ3n) is 3.34. The second kappa shape index (κ2) is 8.75. The molecule has 0 aliphatic heterocycles. The molecular weight excluding hydrogens is 332 g/mol. The van der Waals surface area contributed by atoms with Crippen LogP contribution in [-0.4, -0.2) is 24.6 Å². The number of hydrogen-bond acceptors (Lipinski definition) is 4. The number of rotatable bonds is 7. The minimum Gasteiger partial charge on any atom is -0.468 e. The Morgan fingerprint density at radius 3 is 2.35 bits per heavy atom. The van der Waals surface area contributed by atoms with Gasteiger partial charge in [0.05, 0.1) is 12.9 Å². The fourth-order valence-electron chi connectivity index (χ4n) is 2.09. The van der Waals surface area contributed by atoms with E-state index in [1.807, 2.05) is 30.3 Å². The molecule has 5 heteroatoms. The van der Waals surface area contributed by atoms with Gasteiger partial charge in [-0.25, -0.2) is 0 Å². The normalized spacial score (nSPS) is 11.7. The van der Waals surface area contributed by atoms with Crippen molar-refractivity contribution in [1.29, 1.82) is 0 Å². The van der Waals surface area contributed by atoms with E-state index in [9.17, 15) is 9.59 Å². The quantitative estimate of drug-likeness (QED) is 0.543. The molecule has 2 aromatic carbocycles. The number of esters is 1. The number of ether oxygens (including phenoxy) is 1. The van der Waals surface area contributed by atoms with Gasteiger partial charge in [-0.2, -0.15) is 0 Å². The van der Waals surface area contributed by atoms with Gasteiger partial charge < -0.3 is 4.74 Å². The van der Waals surface area contributed by atoms with Crippen LogP contribution in [0.4, 0.5) is 0 Å². The predicted molar refractivity (Wildman–Crippen MR) is 94.1 cm³/mol. The number of methoxy groups -OCH3 is 1. The van der Waals surface area contributed by atoms with Crippen LogP contribution >= 0.6 is 23.4 Å². The van der Waals surface area contributed by atoms with Gasteiger partial charge in [0.15, 0.2) is 5.78 Å². The molecule has 2 rings (SSSR count). The van der Waals surface area contributed by atoms with E-state index in [0.717, 1.165) is 5.56 Å².